The van der Waals surface area contributed by atoms with Gasteiger partial charge in [-0.15, -0.1) is 0 Å². The number of hydrogen-bond acceptors (Lipinski definition) is 2. The van der Waals surface area contributed by atoms with Crippen LogP contribution >= 0.6 is 0 Å². The molecule has 142 valence electrons. The number of carbonyl (C=O) groups is 2. The molecule has 0 radical (unpaired) electrons. The summed E-state index contributed by atoms with van der Waals surface area (Å²) < 4.78 is 0. The van der Waals surface area contributed by atoms with Crippen molar-refractivity contribution in [1.82, 2.24) is 5.32 Å². The molecular formula is C24H24N2O2. The standard InChI is InChI=1S/C24H24N2O2/c1-18-11-13-20(14-12-18)17-25-24(28)21-9-5-6-10-22(21)26-23(27)16-15-19-7-3-2-4-8-19/h2-14H,15-17H2,1H3,(H,25,28)(H,26,27). The first-order chi connectivity index (χ1) is 13.6. The molecule has 3 rings (SSSR count). The highest BCUT2D eigenvalue weighted by Crippen LogP contribution is 2.16. The first-order valence-corrected chi connectivity index (χ1v) is 9.38. The van der Waals surface area contributed by atoms with Gasteiger partial charge in [-0.2, -0.15) is 0 Å². The highest BCUT2D eigenvalue weighted by Gasteiger charge is 2.13. The van der Waals surface area contributed by atoms with Crippen LogP contribution in [0.4, 0.5) is 5.69 Å². The minimum atomic E-state index is -0.209. The lowest BCUT2D eigenvalue weighted by molar-refractivity contribution is -0.116. The van der Waals surface area contributed by atoms with Crippen molar-refractivity contribution in [2.45, 2.75) is 26.3 Å². The number of hydrogen-bond donors (Lipinski definition) is 2. The Morgan fingerprint density at radius 3 is 2.21 bits per heavy atom. The van der Waals surface area contributed by atoms with E-state index in [0.29, 0.717) is 30.6 Å². The average Bonchev–Trinajstić information content (AvgIpc) is 2.73. The molecule has 3 aromatic carbocycles. The van der Waals surface area contributed by atoms with E-state index in [1.54, 1.807) is 18.2 Å². The molecule has 4 heteroatoms. The van der Waals surface area contributed by atoms with Crippen LogP contribution in [0.1, 0.15) is 33.5 Å². The molecule has 0 unspecified atom stereocenters. The van der Waals surface area contributed by atoms with E-state index in [-0.39, 0.29) is 11.8 Å². The normalized spacial score (nSPS) is 10.3. The van der Waals surface area contributed by atoms with Crippen LogP contribution in [0, 0.1) is 6.92 Å². The van der Waals surface area contributed by atoms with Crippen LogP contribution in [-0.4, -0.2) is 11.8 Å². The van der Waals surface area contributed by atoms with Crippen molar-refractivity contribution in [3.05, 3.63) is 101 Å². The Morgan fingerprint density at radius 2 is 1.46 bits per heavy atom. The number of nitrogens with one attached hydrogen (secondary N) is 2. The summed E-state index contributed by atoms with van der Waals surface area (Å²) in [6, 6.07) is 25.0. The topological polar surface area (TPSA) is 58.2 Å². The van der Waals surface area contributed by atoms with Gasteiger partial charge in [0.2, 0.25) is 5.91 Å². The van der Waals surface area contributed by atoms with Crippen molar-refractivity contribution in [3.8, 4) is 0 Å². The number of carbonyl (C=O) groups excluding carboxylic acids is 2. The predicted octanol–water partition coefficient (Wildman–Crippen LogP) is 4.50. The number of amides is 2. The molecule has 28 heavy (non-hydrogen) atoms. The second-order valence-electron chi connectivity index (χ2n) is 6.75. The highest BCUT2D eigenvalue weighted by atomic mass is 16.2. The lowest BCUT2D eigenvalue weighted by Gasteiger charge is -2.12. The molecule has 0 aromatic heterocycles. The van der Waals surface area contributed by atoms with Crippen molar-refractivity contribution in [2.75, 3.05) is 5.32 Å². The zero-order chi connectivity index (χ0) is 19.8. The maximum absolute atomic E-state index is 12.6. The second kappa shape index (κ2) is 9.51. The van der Waals surface area contributed by atoms with E-state index in [2.05, 4.69) is 10.6 Å². The summed E-state index contributed by atoms with van der Waals surface area (Å²) in [7, 11) is 0. The zero-order valence-electron chi connectivity index (χ0n) is 15.9. The van der Waals surface area contributed by atoms with Crippen LogP contribution in [-0.2, 0) is 17.8 Å². The molecule has 0 heterocycles. The molecular weight excluding hydrogens is 348 g/mol. The summed E-state index contributed by atoms with van der Waals surface area (Å²) >= 11 is 0. The quantitative estimate of drug-likeness (QED) is 0.642. The maximum atomic E-state index is 12.6. The molecule has 4 nitrogen and oxygen atoms in total. The smallest absolute Gasteiger partial charge is 0.253 e. The van der Waals surface area contributed by atoms with Crippen LogP contribution < -0.4 is 10.6 Å². The molecule has 3 aromatic rings. The number of rotatable bonds is 7. The van der Waals surface area contributed by atoms with E-state index in [0.717, 1.165) is 11.1 Å². The lowest BCUT2D eigenvalue weighted by Crippen LogP contribution is -2.25. The molecule has 0 aliphatic heterocycles. The summed E-state index contributed by atoms with van der Waals surface area (Å²) in [6.45, 7) is 2.47. The number of aryl methyl sites for hydroxylation is 2. The third-order valence-electron chi connectivity index (χ3n) is 4.50. The molecule has 0 fully saturated rings. The highest BCUT2D eigenvalue weighted by molar-refractivity contribution is 6.03. The molecule has 0 spiro atoms. The lowest BCUT2D eigenvalue weighted by atomic mass is 10.1. The zero-order valence-corrected chi connectivity index (χ0v) is 15.9. The Hall–Kier alpha value is -3.40. The van der Waals surface area contributed by atoms with E-state index >= 15 is 0 Å². The van der Waals surface area contributed by atoms with Crippen LogP contribution in [0.3, 0.4) is 0 Å². The van der Waals surface area contributed by atoms with Gasteiger partial charge in [-0.3, -0.25) is 9.59 Å². The molecule has 0 saturated heterocycles. The summed E-state index contributed by atoms with van der Waals surface area (Å²) in [5.74, 6) is -0.317. The van der Waals surface area contributed by atoms with Gasteiger partial charge in [-0.25, -0.2) is 0 Å². The van der Waals surface area contributed by atoms with Crippen LogP contribution in [0.25, 0.3) is 0 Å². The number of anilines is 1. The number of para-hydroxylation sites is 1. The van der Waals surface area contributed by atoms with Gasteiger partial charge >= 0.3 is 0 Å². The SMILES string of the molecule is Cc1ccc(CNC(=O)c2ccccc2NC(=O)CCc2ccccc2)cc1. The summed E-state index contributed by atoms with van der Waals surface area (Å²) in [6.07, 6.45) is 1.03. The fourth-order valence-corrected chi connectivity index (χ4v) is 2.89. The van der Waals surface area contributed by atoms with Crippen molar-refractivity contribution >= 4 is 17.5 Å². The summed E-state index contributed by atoms with van der Waals surface area (Å²) in [5, 5.41) is 5.78. The van der Waals surface area contributed by atoms with E-state index in [4.69, 9.17) is 0 Å². The van der Waals surface area contributed by atoms with E-state index in [9.17, 15) is 9.59 Å². The van der Waals surface area contributed by atoms with Gasteiger partial charge in [0.15, 0.2) is 0 Å². The third kappa shape index (κ3) is 5.55. The van der Waals surface area contributed by atoms with Crippen molar-refractivity contribution in [2.24, 2.45) is 0 Å². The van der Waals surface area contributed by atoms with Gasteiger partial charge in [0.1, 0.15) is 0 Å². The van der Waals surface area contributed by atoms with E-state index in [1.807, 2.05) is 67.6 Å². The molecule has 0 saturated carbocycles. The first-order valence-electron chi connectivity index (χ1n) is 9.38. The fourth-order valence-electron chi connectivity index (χ4n) is 2.89. The maximum Gasteiger partial charge on any atom is 0.253 e. The number of benzene rings is 3. The molecule has 0 atom stereocenters. The molecule has 0 aliphatic carbocycles. The Kier molecular flexibility index (Phi) is 6.58. The van der Waals surface area contributed by atoms with Gasteiger partial charge in [0.05, 0.1) is 11.3 Å². The van der Waals surface area contributed by atoms with Crippen molar-refractivity contribution in [1.29, 1.82) is 0 Å². The minimum absolute atomic E-state index is 0.109. The van der Waals surface area contributed by atoms with Gasteiger partial charge < -0.3 is 10.6 Å². The monoisotopic (exact) mass is 372 g/mol. The molecule has 0 bridgehead atoms. The Morgan fingerprint density at radius 1 is 0.786 bits per heavy atom. The molecule has 0 aliphatic rings. The van der Waals surface area contributed by atoms with Gasteiger partial charge in [0.25, 0.3) is 5.91 Å². The van der Waals surface area contributed by atoms with Crippen LogP contribution in [0.2, 0.25) is 0 Å². The van der Waals surface area contributed by atoms with Gasteiger partial charge in [-0.1, -0.05) is 72.3 Å². The van der Waals surface area contributed by atoms with Crippen LogP contribution in [0.5, 0.6) is 0 Å². The van der Waals surface area contributed by atoms with Crippen LogP contribution in [0.15, 0.2) is 78.9 Å². The predicted molar refractivity (Wildman–Crippen MR) is 112 cm³/mol. The minimum Gasteiger partial charge on any atom is -0.348 e. The Balaban J connectivity index is 1.59. The summed E-state index contributed by atoms with van der Waals surface area (Å²) in [4.78, 5) is 24.9. The van der Waals surface area contributed by atoms with Crippen molar-refractivity contribution in [3.63, 3.8) is 0 Å². The molecule has 2 amide bonds. The third-order valence-corrected chi connectivity index (χ3v) is 4.50. The first kappa shape index (κ1) is 19.4. The Bertz CT molecular complexity index is 934. The largest absolute Gasteiger partial charge is 0.348 e. The second-order valence-corrected chi connectivity index (χ2v) is 6.75. The van der Waals surface area contributed by atoms with Crippen molar-refractivity contribution < 1.29 is 9.59 Å². The summed E-state index contributed by atoms with van der Waals surface area (Å²) in [5.41, 5.74) is 4.31. The van der Waals surface area contributed by atoms with E-state index < -0.39 is 0 Å². The van der Waals surface area contributed by atoms with E-state index in [1.165, 1.54) is 5.56 Å². The Labute approximate surface area is 165 Å². The van der Waals surface area contributed by atoms with Gasteiger partial charge in [0, 0.05) is 13.0 Å². The van der Waals surface area contributed by atoms with Gasteiger partial charge in [-0.05, 0) is 36.6 Å². The molecule has 2 N–H and O–H groups in total. The fraction of sp³-hybridized carbons (Fsp3) is 0.167. The average molecular weight is 372 g/mol.